The van der Waals surface area contributed by atoms with Gasteiger partial charge in [-0.2, -0.15) is 0 Å². The normalized spacial score (nSPS) is 11.7. The van der Waals surface area contributed by atoms with Crippen LogP contribution in [0, 0.1) is 0 Å². The predicted molar refractivity (Wildman–Crippen MR) is 82.6 cm³/mol. The number of halogens is 1. The van der Waals surface area contributed by atoms with E-state index in [2.05, 4.69) is 14.9 Å². The third-order valence-electron chi connectivity index (χ3n) is 2.89. The highest BCUT2D eigenvalue weighted by atomic mass is 35.5. The van der Waals surface area contributed by atoms with E-state index in [0.717, 1.165) is 0 Å². The third-order valence-corrected chi connectivity index (χ3v) is 4.51. The van der Waals surface area contributed by atoms with E-state index in [4.69, 9.17) is 11.6 Å². The first-order chi connectivity index (χ1) is 9.94. The maximum absolute atomic E-state index is 12.0. The molecule has 1 aromatic carbocycles. The maximum atomic E-state index is 12.0. The molecule has 21 heavy (non-hydrogen) atoms. The minimum Gasteiger partial charge on any atom is -0.283 e. The van der Waals surface area contributed by atoms with Crippen LogP contribution in [0.3, 0.4) is 0 Å². The average molecular weight is 332 g/mol. The Hall–Kier alpha value is -1.80. The first kappa shape index (κ1) is 15.6. The number of alkyl halides is 1. The number of aromatic nitrogens is 2. The lowest BCUT2D eigenvalue weighted by molar-refractivity contribution is 0.598. The van der Waals surface area contributed by atoms with E-state index in [1.807, 2.05) is 0 Å². The van der Waals surface area contributed by atoms with E-state index in [1.54, 1.807) is 0 Å². The zero-order chi connectivity index (χ0) is 15.5. The summed E-state index contributed by atoms with van der Waals surface area (Å²) in [5.74, 6) is 0.288. The van der Waals surface area contributed by atoms with Crippen molar-refractivity contribution in [2.75, 3.05) is 16.4 Å². The highest BCUT2D eigenvalue weighted by Gasteiger charge is 2.14. The van der Waals surface area contributed by atoms with Crippen molar-refractivity contribution in [3.05, 3.63) is 38.9 Å². The Morgan fingerprint density at radius 1 is 1.10 bits per heavy atom. The largest absolute Gasteiger partial charge is 0.283 e. The Balaban J connectivity index is 2.42. The van der Waals surface area contributed by atoms with E-state index in [9.17, 15) is 18.0 Å². The van der Waals surface area contributed by atoms with E-state index >= 15 is 0 Å². The van der Waals surface area contributed by atoms with Crippen molar-refractivity contribution in [3.8, 4) is 0 Å². The third kappa shape index (κ3) is 3.64. The molecule has 0 spiro atoms. The van der Waals surface area contributed by atoms with Gasteiger partial charge in [-0.3, -0.25) is 24.5 Å². The van der Waals surface area contributed by atoms with Gasteiger partial charge in [0, 0.05) is 5.88 Å². The molecule has 0 fully saturated rings. The van der Waals surface area contributed by atoms with Gasteiger partial charge in [0.15, 0.2) is 0 Å². The first-order valence-corrected chi connectivity index (χ1v) is 8.43. The molecule has 0 aliphatic heterocycles. The number of benzene rings is 1. The number of hydrogen-bond acceptors (Lipinski definition) is 4. The van der Waals surface area contributed by atoms with Crippen LogP contribution in [0.4, 0.5) is 5.69 Å². The van der Waals surface area contributed by atoms with Gasteiger partial charge < -0.3 is 0 Å². The summed E-state index contributed by atoms with van der Waals surface area (Å²) in [6.45, 7) is 0. The zero-order valence-electron chi connectivity index (χ0n) is 11.0. The molecular formula is C12H14ClN3O4S. The summed E-state index contributed by atoms with van der Waals surface area (Å²) in [5.41, 5.74) is -0.970. The second kappa shape index (κ2) is 6.31. The van der Waals surface area contributed by atoms with E-state index < -0.39 is 21.1 Å². The van der Waals surface area contributed by atoms with Crippen LogP contribution in [-0.4, -0.2) is 30.2 Å². The Labute approximate surface area is 125 Å². The molecule has 2 aromatic rings. The smallest absolute Gasteiger partial charge is 0.272 e. The fourth-order valence-electron chi connectivity index (χ4n) is 1.92. The molecule has 3 N–H and O–H groups in total. The van der Waals surface area contributed by atoms with Gasteiger partial charge in [0.2, 0.25) is 10.0 Å². The number of nitrogens with one attached hydrogen (secondary N) is 3. The molecule has 0 amide bonds. The van der Waals surface area contributed by atoms with Crippen molar-refractivity contribution in [1.82, 2.24) is 10.2 Å². The quantitative estimate of drug-likeness (QED) is 0.541. The molecule has 0 unspecified atom stereocenters. The van der Waals surface area contributed by atoms with Gasteiger partial charge in [-0.1, -0.05) is 6.07 Å². The van der Waals surface area contributed by atoms with Gasteiger partial charge in [0.25, 0.3) is 11.1 Å². The average Bonchev–Trinajstić information content (AvgIpc) is 2.43. The molecule has 9 heteroatoms. The van der Waals surface area contributed by atoms with Crippen LogP contribution in [0.1, 0.15) is 12.8 Å². The number of rotatable bonds is 6. The minimum absolute atomic E-state index is 0.0159. The van der Waals surface area contributed by atoms with Gasteiger partial charge in [-0.25, -0.2) is 8.42 Å². The number of anilines is 1. The maximum Gasteiger partial charge on any atom is 0.272 e. The van der Waals surface area contributed by atoms with E-state index in [1.165, 1.54) is 18.2 Å². The van der Waals surface area contributed by atoms with Gasteiger partial charge in [-0.15, -0.1) is 11.6 Å². The van der Waals surface area contributed by atoms with Gasteiger partial charge in [0.1, 0.15) is 0 Å². The van der Waals surface area contributed by atoms with Crippen LogP contribution >= 0.6 is 11.6 Å². The van der Waals surface area contributed by atoms with Crippen LogP contribution in [0.15, 0.2) is 27.8 Å². The number of aromatic amines is 2. The summed E-state index contributed by atoms with van der Waals surface area (Å²) in [4.78, 5) is 23.5. The summed E-state index contributed by atoms with van der Waals surface area (Å²) < 4.78 is 26.3. The van der Waals surface area contributed by atoms with Crippen LogP contribution in [-0.2, 0) is 10.0 Å². The van der Waals surface area contributed by atoms with Crippen molar-refractivity contribution < 1.29 is 8.42 Å². The van der Waals surface area contributed by atoms with Gasteiger partial charge in [-0.05, 0) is 25.0 Å². The molecule has 0 bridgehead atoms. The highest BCUT2D eigenvalue weighted by Crippen LogP contribution is 2.18. The molecule has 0 aliphatic carbocycles. The van der Waals surface area contributed by atoms with Crippen molar-refractivity contribution in [1.29, 1.82) is 0 Å². The van der Waals surface area contributed by atoms with Crippen LogP contribution < -0.4 is 15.8 Å². The van der Waals surface area contributed by atoms with Crippen LogP contribution in [0.2, 0.25) is 0 Å². The lowest BCUT2D eigenvalue weighted by Gasteiger charge is -2.09. The lowest BCUT2D eigenvalue weighted by atomic mass is 10.2. The molecule has 114 valence electrons. The molecule has 0 radical (unpaired) electrons. The topological polar surface area (TPSA) is 112 Å². The van der Waals surface area contributed by atoms with Crippen LogP contribution in [0.25, 0.3) is 10.8 Å². The number of H-pyrrole nitrogens is 2. The van der Waals surface area contributed by atoms with E-state index in [-0.39, 0.29) is 22.2 Å². The SMILES string of the molecule is O=c1[nH][nH]c(=O)c2c(NS(=O)(=O)CCCCCl)cccc12. The number of hydrogen-bond donors (Lipinski definition) is 3. The van der Waals surface area contributed by atoms with Gasteiger partial charge in [0.05, 0.1) is 22.2 Å². The summed E-state index contributed by atoms with van der Waals surface area (Å²) in [6.07, 6.45) is 0.999. The van der Waals surface area contributed by atoms with Crippen molar-refractivity contribution >= 4 is 38.1 Å². The molecule has 7 nitrogen and oxygen atoms in total. The number of sulfonamides is 1. The predicted octanol–water partition coefficient (Wildman–Crippen LogP) is 0.977. The van der Waals surface area contributed by atoms with Gasteiger partial charge >= 0.3 is 0 Å². The van der Waals surface area contributed by atoms with Crippen molar-refractivity contribution in [2.45, 2.75) is 12.8 Å². The Morgan fingerprint density at radius 2 is 1.81 bits per heavy atom. The molecule has 2 rings (SSSR count). The Kier molecular flexibility index (Phi) is 4.69. The number of fused-ring (bicyclic) bond motifs is 1. The first-order valence-electron chi connectivity index (χ1n) is 6.25. The van der Waals surface area contributed by atoms with Crippen molar-refractivity contribution in [2.24, 2.45) is 0 Å². The number of unbranched alkanes of at least 4 members (excludes halogenated alkanes) is 1. The molecule has 0 atom stereocenters. The lowest BCUT2D eigenvalue weighted by Crippen LogP contribution is -2.22. The van der Waals surface area contributed by atoms with E-state index in [0.29, 0.717) is 18.7 Å². The molecular weight excluding hydrogens is 318 g/mol. The Morgan fingerprint density at radius 3 is 2.52 bits per heavy atom. The zero-order valence-corrected chi connectivity index (χ0v) is 12.6. The minimum atomic E-state index is -3.60. The fourth-order valence-corrected chi connectivity index (χ4v) is 3.30. The summed E-state index contributed by atoms with van der Waals surface area (Å²) >= 11 is 5.51. The second-order valence-electron chi connectivity index (χ2n) is 4.45. The standard InChI is InChI=1S/C12H14ClN3O4S/c13-6-1-2-7-21(19,20)16-9-5-3-4-8-10(9)12(18)15-14-11(8)17/h3-5,16H,1-2,6-7H2,(H,14,17)(H,15,18). The summed E-state index contributed by atoms with van der Waals surface area (Å²) in [5, 5.41) is 4.51. The summed E-state index contributed by atoms with van der Waals surface area (Å²) in [6, 6.07) is 4.40. The molecule has 0 saturated carbocycles. The molecule has 1 heterocycles. The van der Waals surface area contributed by atoms with Crippen LogP contribution in [0.5, 0.6) is 0 Å². The molecule has 0 aliphatic rings. The highest BCUT2D eigenvalue weighted by molar-refractivity contribution is 7.92. The fraction of sp³-hybridized carbons (Fsp3) is 0.333. The molecule has 1 aromatic heterocycles. The Bertz CT molecular complexity index is 857. The van der Waals surface area contributed by atoms with Crippen molar-refractivity contribution in [3.63, 3.8) is 0 Å². The molecule has 0 saturated heterocycles. The summed E-state index contributed by atoms with van der Waals surface area (Å²) in [7, 11) is -3.60. The monoisotopic (exact) mass is 331 g/mol. The second-order valence-corrected chi connectivity index (χ2v) is 6.67.